The van der Waals surface area contributed by atoms with E-state index in [1.165, 1.54) is 0 Å². The molecular weight excluding hydrogens is 204 g/mol. The minimum Gasteiger partial charge on any atom is -0.335 e. The predicted octanol–water partition coefficient (Wildman–Crippen LogP) is 0.131. The second-order valence-electron chi connectivity index (χ2n) is 4.17. The van der Waals surface area contributed by atoms with Crippen molar-refractivity contribution in [3.8, 4) is 0 Å². The minimum atomic E-state index is 0.0246. The zero-order chi connectivity index (χ0) is 11.7. The standard InChI is InChI=1S/C11H16N4O/c1-3-10-9(4-7(2)13-14-10)11(16)15-5-8(12)6-15/h4,8H,3,5-6,12H2,1-2H3. The summed E-state index contributed by atoms with van der Waals surface area (Å²) in [6.45, 7) is 5.09. The number of carbonyl (C=O) groups excluding carboxylic acids is 1. The number of aromatic nitrogens is 2. The molecule has 0 unspecified atom stereocenters. The molecule has 86 valence electrons. The Bertz CT molecular complexity index is 412. The van der Waals surface area contributed by atoms with Crippen molar-refractivity contribution in [1.82, 2.24) is 15.1 Å². The molecule has 1 aromatic heterocycles. The first-order valence-corrected chi connectivity index (χ1v) is 5.50. The molecule has 0 aromatic carbocycles. The van der Waals surface area contributed by atoms with E-state index in [9.17, 15) is 4.79 Å². The molecular formula is C11H16N4O. The van der Waals surface area contributed by atoms with Gasteiger partial charge in [0.1, 0.15) is 0 Å². The lowest BCUT2D eigenvalue weighted by molar-refractivity contribution is 0.0606. The van der Waals surface area contributed by atoms with E-state index >= 15 is 0 Å². The lowest BCUT2D eigenvalue weighted by Gasteiger charge is -2.37. The third-order valence-electron chi connectivity index (χ3n) is 2.75. The van der Waals surface area contributed by atoms with E-state index in [0.29, 0.717) is 25.1 Å². The average Bonchev–Trinajstić information content (AvgIpc) is 2.24. The van der Waals surface area contributed by atoms with E-state index in [1.54, 1.807) is 11.0 Å². The van der Waals surface area contributed by atoms with Crippen LogP contribution in [-0.4, -0.2) is 40.1 Å². The fraction of sp³-hybridized carbons (Fsp3) is 0.545. The summed E-state index contributed by atoms with van der Waals surface area (Å²) in [6, 6.07) is 1.93. The maximum absolute atomic E-state index is 12.1. The molecule has 0 saturated carbocycles. The molecule has 2 N–H and O–H groups in total. The van der Waals surface area contributed by atoms with Crippen molar-refractivity contribution in [1.29, 1.82) is 0 Å². The molecule has 2 rings (SSSR count). The van der Waals surface area contributed by atoms with E-state index < -0.39 is 0 Å². The highest BCUT2D eigenvalue weighted by Gasteiger charge is 2.29. The van der Waals surface area contributed by atoms with Crippen LogP contribution >= 0.6 is 0 Å². The van der Waals surface area contributed by atoms with Gasteiger partial charge in [0.15, 0.2) is 0 Å². The average molecular weight is 220 g/mol. The quantitative estimate of drug-likeness (QED) is 0.769. The van der Waals surface area contributed by atoms with Crippen molar-refractivity contribution >= 4 is 5.91 Å². The fourth-order valence-electron chi connectivity index (χ4n) is 1.81. The van der Waals surface area contributed by atoms with E-state index in [1.807, 2.05) is 13.8 Å². The van der Waals surface area contributed by atoms with Crippen molar-refractivity contribution in [3.05, 3.63) is 23.0 Å². The molecule has 2 heterocycles. The monoisotopic (exact) mass is 220 g/mol. The summed E-state index contributed by atoms with van der Waals surface area (Å²) in [5.74, 6) is 0.0246. The van der Waals surface area contributed by atoms with Crippen LogP contribution in [0.15, 0.2) is 6.07 Å². The summed E-state index contributed by atoms with van der Waals surface area (Å²) in [6.07, 6.45) is 0.717. The number of likely N-dealkylation sites (tertiary alicyclic amines) is 1. The second-order valence-corrected chi connectivity index (χ2v) is 4.17. The smallest absolute Gasteiger partial charge is 0.255 e. The Labute approximate surface area is 94.6 Å². The molecule has 1 aromatic rings. The predicted molar refractivity (Wildman–Crippen MR) is 60.0 cm³/mol. The van der Waals surface area contributed by atoms with Crippen LogP contribution in [0.3, 0.4) is 0 Å². The van der Waals surface area contributed by atoms with Crippen LogP contribution in [0.1, 0.15) is 28.7 Å². The number of aryl methyl sites for hydroxylation is 2. The van der Waals surface area contributed by atoms with E-state index in [-0.39, 0.29) is 11.9 Å². The van der Waals surface area contributed by atoms with Gasteiger partial charge in [-0.2, -0.15) is 10.2 Å². The van der Waals surface area contributed by atoms with Crippen LogP contribution in [0.2, 0.25) is 0 Å². The summed E-state index contributed by atoms with van der Waals surface area (Å²) < 4.78 is 0. The molecule has 0 spiro atoms. The minimum absolute atomic E-state index is 0.0246. The van der Waals surface area contributed by atoms with E-state index in [0.717, 1.165) is 11.4 Å². The first-order chi connectivity index (χ1) is 7.61. The highest BCUT2D eigenvalue weighted by atomic mass is 16.2. The Morgan fingerprint density at radius 1 is 1.56 bits per heavy atom. The van der Waals surface area contributed by atoms with Crippen LogP contribution in [0.5, 0.6) is 0 Å². The molecule has 1 aliphatic rings. The van der Waals surface area contributed by atoms with Crippen LogP contribution in [0, 0.1) is 6.92 Å². The highest BCUT2D eigenvalue weighted by Crippen LogP contribution is 2.15. The maximum Gasteiger partial charge on any atom is 0.255 e. The van der Waals surface area contributed by atoms with Crippen molar-refractivity contribution in [2.45, 2.75) is 26.3 Å². The number of rotatable bonds is 2. The molecule has 0 radical (unpaired) electrons. The van der Waals surface area contributed by atoms with Gasteiger partial charge in [-0.05, 0) is 19.4 Å². The zero-order valence-electron chi connectivity index (χ0n) is 9.60. The van der Waals surface area contributed by atoms with Crippen LogP contribution in [0.4, 0.5) is 0 Å². The molecule has 1 saturated heterocycles. The third-order valence-corrected chi connectivity index (χ3v) is 2.75. The molecule has 0 bridgehead atoms. The first-order valence-electron chi connectivity index (χ1n) is 5.50. The van der Waals surface area contributed by atoms with Gasteiger partial charge < -0.3 is 10.6 Å². The van der Waals surface area contributed by atoms with Gasteiger partial charge in [0.2, 0.25) is 0 Å². The third kappa shape index (κ3) is 1.90. The Balaban J connectivity index is 2.24. The second kappa shape index (κ2) is 4.17. The molecule has 0 aliphatic carbocycles. The normalized spacial score (nSPS) is 16.1. The number of hydrogen-bond acceptors (Lipinski definition) is 4. The van der Waals surface area contributed by atoms with Gasteiger partial charge >= 0.3 is 0 Å². The van der Waals surface area contributed by atoms with E-state index in [4.69, 9.17) is 5.73 Å². The molecule has 5 nitrogen and oxygen atoms in total. The topological polar surface area (TPSA) is 72.1 Å². The summed E-state index contributed by atoms with van der Waals surface area (Å²) in [5, 5.41) is 8.01. The number of nitrogens with zero attached hydrogens (tertiary/aromatic N) is 3. The van der Waals surface area contributed by atoms with Crippen LogP contribution in [-0.2, 0) is 6.42 Å². The van der Waals surface area contributed by atoms with Gasteiger partial charge in [-0.3, -0.25) is 4.79 Å². The van der Waals surface area contributed by atoms with Gasteiger partial charge in [-0.25, -0.2) is 0 Å². The summed E-state index contributed by atoms with van der Waals surface area (Å²) >= 11 is 0. The largest absolute Gasteiger partial charge is 0.335 e. The number of amides is 1. The van der Waals surface area contributed by atoms with Gasteiger partial charge in [0.25, 0.3) is 5.91 Å². The summed E-state index contributed by atoms with van der Waals surface area (Å²) in [4.78, 5) is 13.9. The molecule has 1 amide bonds. The van der Waals surface area contributed by atoms with Crippen molar-refractivity contribution in [2.75, 3.05) is 13.1 Å². The highest BCUT2D eigenvalue weighted by molar-refractivity contribution is 5.95. The lowest BCUT2D eigenvalue weighted by atomic mass is 10.1. The maximum atomic E-state index is 12.1. The Morgan fingerprint density at radius 3 is 2.81 bits per heavy atom. The molecule has 0 atom stereocenters. The summed E-state index contributed by atoms with van der Waals surface area (Å²) in [7, 11) is 0. The Kier molecular flexibility index (Phi) is 2.87. The van der Waals surface area contributed by atoms with Gasteiger partial charge in [-0.15, -0.1) is 0 Å². The SMILES string of the molecule is CCc1nnc(C)cc1C(=O)N1CC(N)C1. The fourth-order valence-corrected chi connectivity index (χ4v) is 1.81. The Hall–Kier alpha value is -1.49. The zero-order valence-corrected chi connectivity index (χ0v) is 9.60. The Morgan fingerprint density at radius 2 is 2.25 bits per heavy atom. The summed E-state index contributed by atoms with van der Waals surface area (Å²) in [5.41, 5.74) is 7.86. The molecule has 1 aliphatic heterocycles. The van der Waals surface area contributed by atoms with E-state index in [2.05, 4.69) is 10.2 Å². The van der Waals surface area contributed by atoms with Crippen LogP contribution in [0.25, 0.3) is 0 Å². The first kappa shape index (κ1) is 11.0. The van der Waals surface area contributed by atoms with Gasteiger partial charge in [-0.1, -0.05) is 6.92 Å². The molecule has 1 fully saturated rings. The lowest BCUT2D eigenvalue weighted by Crippen LogP contribution is -2.58. The van der Waals surface area contributed by atoms with Crippen LogP contribution < -0.4 is 5.73 Å². The van der Waals surface area contributed by atoms with Crippen molar-refractivity contribution < 1.29 is 4.79 Å². The molecule has 5 heteroatoms. The number of hydrogen-bond donors (Lipinski definition) is 1. The molecule has 16 heavy (non-hydrogen) atoms. The number of nitrogens with two attached hydrogens (primary N) is 1. The number of carbonyl (C=O) groups is 1. The van der Waals surface area contributed by atoms with Crippen molar-refractivity contribution in [2.24, 2.45) is 5.73 Å². The van der Waals surface area contributed by atoms with Gasteiger partial charge in [0, 0.05) is 19.1 Å². The van der Waals surface area contributed by atoms with Crippen molar-refractivity contribution in [3.63, 3.8) is 0 Å². The van der Waals surface area contributed by atoms with Gasteiger partial charge in [0.05, 0.1) is 17.0 Å².